The van der Waals surface area contributed by atoms with Crippen LogP contribution in [0, 0.1) is 0 Å². The Labute approximate surface area is 133 Å². The molecule has 6 heteroatoms. The van der Waals surface area contributed by atoms with Crippen molar-refractivity contribution in [1.29, 1.82) is 0 Å². The van der Waals surface area contributed by atoms with E-state index in [9.17, 15) is 0 Å². The molecule has 1 rings (SSSR count). The van der Waals surface area contributed by atoms with Crippen molar-refractivity contribution in [3.63, 3.8) is 0 Å². The zero-order chi connectivity index (χ0) is 13.6. The third-order valence-electron chi connectivity index (χ3n) is 2.41. The van der Waals surface area contributed by atoms with E-state index in [0.717, 1.165) is 25.3 Å². The highest BCUT2D eigenvalue weighted by molar-refractivity contribution is 14.0. The number of aromatic nitrogens is 2. The van der Waals surface area contributed by atoms with Crippen LogP contribution in [0.1, 0.15) is 32.8 Å². The van der Waals surface area contributed by atoms with Crippen molar-refractivity contribution < 1.29 is 0 Å². The summed E-state index contributed by atoms with van der Waals surface area (Å²) in [6.45, 7) is 7.27. The minimum Gasteiger partial charge on any atom is -0.356 e. The summed E-state index contributed by atoms with van der Waals surface area (Å²) in [6, 6.07) is 0. The van der Waals surface area contributed by atoms with E-state index < -0.39 is 0 Å². The van der Waals surface area contributed by atoms with E-state index in [4.69, 9.17) is 0 Å². The van der Waals surface area contributed by atoms with Crippen LogP contribution in [0.25, 0.3) is 0 Å². The summed E-state index contributed by atoms with van der Waals surface area (Å²) in [4.78, 5) is 4.20. The van der Waals surface area contributed by atoms with Crippen LogP contribution in [-0.2, 0) is 13.5 Å². The quantitative estimate of drug-likeness (QED) is 0.364. The molecule has 0 spiro atoms. The molecule has 2 N–H and O–H groups in total. The van der Waals surface area contributed by atoms with Crippen LogP contribution < -0.4 is 10.6 Å². The molecule has 5 nitrogen and oxygen atoms in total. The predicted octanol–water partition coefficient (Wildman–Crippen LogP) is 1.93. The number of aliphatic imine (C=N–C) groups is 1. The van der Waals surface area contributed by atoms with Gasteiger partial charge in [0.05, 0.1) is 6.20 Å². The number of hydrogen-bond donors (Lipinski definition) is 2. The van der Waals surface area contributed by atoms with Crippen molar-refractivity contribution in [3.8, 4) is 0 Å². The van der Waals surface area contributed by atoms with Gasteiger partial charge in [0.15, 0.2) is 5.96 Å². The van der Waals surface area contributed by atoms with Crippen molar-refractivity contribution in [1.82, 2.24) is 20.4 Å². The molecule has 0 aliphatic rings. The van der Waals surface area contributed by atoms with Gasteiger partial charge in [0.1, 0.15) is 0 Å². The summed E-state index contributed by atoms with van der Waals surface area (Å²) in [6.07, 6.45) is 6.08. The summed E-state index contributed by atoms with van der Waals surface area (Å²) in [7, 11) is 3.74. The fourth-order valence-electron chi connectivity index (χ4n) is 1.63. The van der Waals surface area contributed by atoms with E-state index in [1.165, 1.54) is 5.56 Å². The molecular formula is C13H26IN5. The van der Waals surface area contributed by atoms with E-state index in [1.807, 2.05) is 17.9 Å². The van der Waals surface area contributed by atoms with Crippen LogP contribution >= 0.6 is 24.0 Å². The van der Waals surface area contributed by atoms with Crippen LogP contribution in [0.5, 0.6) is 0 Å². The molecule has 1 heterocycles. The summed E-state index contributed by atoms with van der Waals surface area (Å²) < 4.78 is 1.84. The van der Waals surface area contributed by atoms with Gasteiger partial charge in [-0.25, -0.2) is 0 Å². The predicted molar refractivity (Wildman–Crippen MR) is 91.2 cm³/mol. The molecule has 1 aromatic heterocycles. The normalized spacial score (nSPS) is 11.9. The molecule has 19 heavy (non-hydrogen) atoms. The molecule has 0 saturated heterocycles. The lowest BCUT2D eigenvalue weighted by atomic mass is 10.1. The van der Waals surface area contributed by atoms with Gasteiger partial charge in [-0.05, 0) is 39.2 Å². The number of hydrogen-bond acceptors (Lipinski definition) is 2. The van der Waals surface area contributed by atoms with Gasteiger partial charge in [-0.1, -0.05) is 0 Å². The van der Waals surface area contributed by atoms with Crippen molar-refractivity contribution in [3.05, 3.63) is 18.0 Å². The van der Waals surface area contributed by atoms with Crippen LogP contribution in [0.3, 0.4) is 0 Å². The Balaban J connectivity index is 0.00000324. The van der Waals surface area contributed by atoms with E-state index in [2.05, 4.69) is 47.7 Å². The number of aryl methyl sites for hydroxylation is 2. The maximum Gasteiger partial charge on any atom is 0.191 e. The van der Waals surface area contributed by atoms with E-state index in [0.29, 0.717) is 0 Å². The molecule has 0 aliphatic carbocycles. The molecule has 0 fully saturated rings. The summed E-state index contributed by atoms with van der Waals surface area (Å²) in [5, 5.41) is 10.8. The van der Waals surface area contributed by atoms with E-state index in [1.54, 1.807) is 7.05 Å². The first-order chi connectivity index (χ1) is 8.40. The second kappa shape index (κ2) is 8.39. The summed E-state index contributed by atoms with van der Waals surface area (Å²) in [5.41, 5.74) is 1.31. The first-order valence-electron chi connectivity index (χ1n) is 6.37. The van der Waals surface area contributed by atoms with Crippen LogP contribution in [0.4, 0.5) is 0 Å². The molecule has 110 valence electrons. The second-order valence-corrected chi connectivity index (χ2v) is 5.50. The minimum absolute atomic E-state index is 0. The average Bonchev–Trinajstić information content (AvgIpc) is 2.67. The average molecular weight is 379 g/mol. The van der Waals surface area contributed by atoms with Gasteiger partial charge in [-0.2, -0.15) is 5.10 Å². The van der Waals surface area contributed by atoms with Gasteiger partial charge in [0.2, 0.25) is 0 Å². The van der Waals surface area contributed by atoms with Gasteiger partial charge >= 0.3 is 0 Å². The zero-order valence-electron chi connectivity index (χ0n) is 12.5. The van der Waals surface area contributed by atoms with Gasteiger partial charge in [-0.15, -0.1) is 24.0 Å². The Kier molecular flexibility index (Phi) is 8.05. The number of nitrogens with one attached hydrogen (secondary N) is 2. The fraction of sp³-hybridized carbons (Fsp3) is 0.692. The summed E-state index contributed by atoms with van der Waals surface area (Å²) in [5.74, 6) is 0.855. The molecule has 1 aromatic rings. The number of nitrogens with zero attached hydrogens (tertiary/aromatic N) is 3. The first-order valence-corrected chi connectivity index (χ1v) is 6.37. The first kappa shape index (κ1) is 18.2. The third-order valence-corrected chi connectivity index (χ3v) is 2.41. The highest BCUT2D eigenvalue weighted by Crippen LogP contribution is 2.00. The van der Waals surface area contributed by atoms with Gasteiger partial charge < -0.3 is 10.6 Å². The molecule has 0 aliphatic heterocycles. The lowest BCUT2D eigenvalue weighted by molar-refractivity contribution is 0.501. The van der Waals surface area contributed by atoms with Gasteiger partial charge in [0.25, 0.3) is 0 Å². The minimum atomic E-state index is 0. The fourth-order valence-corrected chi connectivity index (χ4v) is 1.63. The smallest absolute Gasteiger partial charge is 0.191 e. The Morgan fingerprint density at radius 2 is 2.11 bits per heavy atom. The second-order valence-electron chi connectivity index (χ2n) is 5.50. The standard InChI is InChI=1S/C13H25N5.HI/c1-13(2,3)17-12(14-4)15-8-6-7-11-9-16-18(5)10-11;/h9-10H,6-8H2,1-5H3,(H2,14,15,17);1H. The summed E-state index contributed by atoms with van der Waals surface area (Å²) >= 11 is 0. The molecule has 0 unspecified atom stereocenters. The maximum atomic E-state index is 4.20. The molecule has 0 bridgehead atoms. The van der Waals surface area contributed by atoms with E-state index >= 15 is 0 Å². The molecular weight excluding hydrogens is 353 g/mol. The Hall–Kier alpha value is -0.790. The number of halogens is 1. The lowest BCUT2D eigenvalue weighted by Gasteiger charge is -2.23. The maximum absolute atomic E-state index is 4.20. The Bertz CT molecular complexity index is 392. The third kappa shape index (κ3) is 8.07. The van der Waals surface area contributed by atoms with Crippen LogP contribution in [0.15, 0.2) is 17.4 Å². The monoisotopic (exact) mass is 379 g/mol. The van der Waals surface area contributed by atoms with Crippen molar-refractivity contribution in [2.75, 3.05) is 13.6 Å². The molecule has 0 amide bonds. The molecule has 0 radical (unpaired) electrons. The lowest BCUT2D eigenvalue weighted by Crippen LogP contribution is -2.47. The van der Waals surface area contributed by atoms with Gasteiger partial charge in [0, 0.05) is 32.4 Å². The SMILES string of the molecule is CN=C(NCCCc1cnn(C)c1)NC(C)(C)C.I. The number of guanidine groups is 1. The molecule has 0 saturated carbocycles. The molecule has 0 atom stereocenters. The highest BCUT2D eigenvalue weighted by atomic mass is 127. The van der Waals surface area contributed by atoms with Crippen molar-refractivity contribution in [2.24, 2.45) is 12.0 Å². The van der Waals surface area contributed by atoms with E-state index in [-0.39, 0.29) is 29.5 Å². The number of rotatable bonds is 4. The highest BCUT2D eigenvalue weighted by Gasteiger charge is 2.11. The Morgan fingerprint density at radius 3 is 2.58 bits per heavy atom. The largest absolute Gasteiger partial charge is 0.356 e. The van der Waals surface area contributed by atoms with Gasteiger partial charge in [-0.3, -0.25) is 9.67 Å². The van der Waals surface area contributed by atoms with Crippen LogP contribution in [-0.4, -0.2) is 34.9 Å². The van der Waals surface area contributed by atoms with Crippen molar-refractivity contribution in [2.45, 2.75) is 39.2 Å². The molecule has 0 aromatic carbocycles. The van der Waals surface area contributed by atoms with Crippen molar-refractivity contribution >= 4 is 29.9 Å². The zero-order valence-corrected chi connectivity index (χ0v) is 14.9. The topological polar surface area (TPSA) is 54.2 Å². The Morgan fingerprint density at radius 1 is 1.42 bits per heavy atom. The van der Waals surface area contributed by atoms with Crippen LogP contribution in [0.2, 0.25) is 0 Å².